The third-order valence-corrected chi connectivity index (χ3v) is 3.74. The predicted octanol–water partition coefficient (Wildman–Crippen LogP) is 1.30. The maximum Gasteiger partial charge on any atom is 0.322 e. The van der Waals surface area contributed by atoms with Gasteiger partial charge in [-0.25, -0.2) is 4.79 Å². The highest BCUT2D eigenvalue weighted by Gasteiger charge is 2.38. The van der Waals surface area contributed by atoms with Crippen LogP contribution in [-0.2, 0) is 0 Å². The van der Waals surface area contributed by atoms with Gasteiger partial charge in [0, 0.05) is 0 Å². The van der Waals surface area contributed by atoms with Gasteiger partial charge in [-0.1, -0.05) is 23.5 Å². The molecule has 0 saturated heterocycles. The average Bonchev–Trinajstić information content (AvgIpc) is 3.07. The summed E-state index contributed by atoms with van der Waals surface area (Å²) in [6.45, 7) is 1.56. The van der Waals surface area contributed by atoms with Crippen molar-refractivity contribution in [1.82, 2.24) is 20.4 Å². The first-order chi connectivity index (χ1) is 10.6. The maximum absolute atomic E-state index is 12.3. The van der Waals surface area contributed by atoms with E-state index < -0.39 is 24.0 Å². The number of imide groups is 1. The van der Waals surface area contributed by atoms with E-state index >= 15 is 0 Å². The van der Waals surface area contributed by atoms with Crippen molar-refractivity contribution in [3.8, 4) is 0 Å². The second kappa shape index (κ2) is 5.53. The minimum absolute atomic E-state index is 0.326. The molecule has 0 radical (unpaired) electrons. The van der Waals surface area contributed by atoms with E-state index in [9.17, 15) is 14.4 Å². The SMILES string of the molecule is CC(NC(=O)Nc1nncs1)N1C(=O)c2ccccc2C1=O. The number of amides is 4. The molecule has 0 spiro atoms. The molecular formula is C13H11N5O3S. The van der Waals surface area contributed by atoms with Crippen LogP contribution in [0.3, 0.4) is 0 Å². The molecule has 0 saturated carbocycles. The highest BCUT2D eigenvalue weighted by Crippen LogP contribution is 2.23. The zero-order valence-electron chi connectivity index (χ0n) is 11.4. The zero-order chi connectivity index (χ0) is 15.7. The first-order valence-electron chi connectivity index (χ1n) is 6.38. The van der Waals surface area contributed by atoms with Gasteiger partial charge in [0.05, 0.1) is 11.1 Å². The van der Waals surface area contributed by atoms with E-state index in [1.165, 1.54) is 5.51 Å². The molecule has 0 fully saturated rings. The highest BCUT2D eigenvalue weighted by atomic mass is 32.1. The normalized spacial score (nSPS) is 14.7. The van der Waals surface area contributed by atoms with Gasteiger partial charge in [-0.2, -0.15) is 0 Å². The molecule has 22 heavy (non-hydrogen) atoms. The van der Waals surface area contributed by atoms with Crippen molar-refractivity contribution in [3.63, 3.8) is 0 Å². The first-order valence-corrected chi connectivity index (χ1v) is 7.26. The monoisotopic (exact) mass is 317 g/mol. The van der Waals surface area contributed by atoms with Crippen molar-refractivity contribution in [2.75, 3.05) is 5.32 Å². The number of urea groups is 1. The van der Waals surface area contributed by atoms with E-state index in [0.29, 0.717) is 16.3 Å². The summed E-state index contributed by atoms with van der Waals surface area (Å²) >= 11 is 1.16. The number of nitrogens with zero attached hydrogens (tertiary/aromatic N) is 3. The van der Waals surface area contributed by atoms with Crippen LogP contribution in [-0.4, -0.2) is 39.1 Å². The second-order valence-electron chi connectivity index (χ2n) is 4.54. The number of anilines is 1. The molecule has 4 amide bonds. The number of hydrogen-bond acceptors (Lipinski definition) is 6. The Hall–Kier alpha value is -2.81. The molecule has 0 aliphatic carbocycles. The lowest BCUT2D eigenvalue weighted by atomic mass is 10.1. The minimum atomic E-state index is -0.791. The van der Waals surface area contributed by atoms with Crippen LogP contribution in [0.25, 0.3) is 0 Å². The van der Waals surface area contributed by atoms with Crippen LogP contribution in [0.5, 0.6) is 0 Å². The standard InChI is InChI=1S/C13H11N5O3S/c1-7(15-12(21)16-13-17-14-6-22-13)18-10(19)8-4-2-3-5-9(8)11(18)20/h2-7H,1H3,(H2,15,16,17,21). The zero-order valence-corrected chi connectivity index (χ0v) is 12.3. The molecule has 112 valence electrons. The number of nitrogens with one attached hydrogen (secondary N) is 2. The lowest BCUT2D eigenvalue weighted by Gasteiger charge is -2.23. The van der Waals surface area contributed by atoms with Gasteiger partial charge in [0.2, 0.25) is 5.13 Å². The van der Waals surface area contributed by atoms with Gasteiger partial charge >= 0.3 is 6.03 Å². The van der Waals surface area contributed by atoms with E-state index in [1.807, 2.05) is 0 Å². The maximum atomic E-state index is 12.3. The van der Waals surface area contributed by atoms with Crippen LogP contribution in [0.2, 0.25) is 0 Å². The molecule has 1 aromatic carbocycles. The molecule has 0 bridgehead atoms. The molecule has 9 heteroatoms. The number of hydrogen-bond donors (Lipinski definition) is 2. The minimum Gasteiger partial charge on any atom is -0.317 e. The molecule has 3 rings (SSSR count). The van der Waals surface area contributed by atoms with Gasteiger partial charge in [-0.05, 0) is 19.1 Å². The fourth-order valence-corrected chi connectivity index (χ4v) is 2.61. The summed E-state index contributed by atoms with van der Waals surface area (Å²) in [6.07, 6.45) is -0.791. The molecule has 1 unspecified atom stereocenters. The van der Waals surface area contributed by atoms with Crippen molar-refractivity contribution in [2.45, 2.75) is 13.1 Å². The fraction of sp³-hybridized carbons (Fsp3) is 0.154. The van der Waals surface area contributed by atoms with Gasteiger partial charge in [0.15, 0.2) is 0 Å². The van der Waals surface area contributed by atoms with E-state index in [0.717, 1.165) is 16.2 Å². The van der Waals surface area contributed by atoms with Crippen LogP contribution >= 0.6 is 11.3 Å². The van der Waals surface area contributed by atoms with Gasteiger partial charge < -0.3 is 5.32 Å². The Morgan fingerprint density at radius 2 is 1.86 bits per heavy atom. The summed E-state index contributed by atoms with van der Waals surface area (Å²) in [5.41, 5.74) is 2.15. The van der Waals surface area contributed by atoms with E-state index in [2.05, 4.69) is 20.8 Å². The topological polar surface area (TPSA) is 104 Å². The Kier molecular flexibility index (Phi) is 3.55. The number of fused-ring (bicyclic) bond motifs is 1. The van der Waals surface area contributed by atoms with Gasteiger partial charge in [0.1, 0.15) is 11.7 Å². The van der Waals surface area contributed by atoms with Crippen molar-refractivity contribution < 1.29 is 14.4 Å². The average molecular weight is 317 g/mol. The number of aromatic nitrogens is 2. The second-order valence-corrected chi connectivity index (χ2v) is 5.38. The van der Waals surface area contributed by atoms with Crippen LogP contribution < -0.4 is 10.6 Å². The lowest BCUT2D eigenvalue weighted by Crippen LogP contribution is -2.50. The molecule has 2 aromatic rings. The lowest BCUT2D eigenvalue weighted by molar-refractivity contribution is 0.0581. The molecule has 1 aliphatic heterocycles. The molecule has 2 N–H and O–H groups in total. The summed E-state index contributed by atoms with van der Waals surface area (Å²) in [5, 5.41) is 12.6. The van der Waals surface area contributed by atoms with E-state index in [4.69, 9.17) is 0 Å². The highest BCUT2D eigenvalue weighted by molar-refractivity contribution is 7.13. The van der Waals surface area contributed by atoms with Crippen molar-refractivity contribution in [3.05, 3.63) is 40.9 Å². The molecular weight excluding hydrogens is 306 g/mol. The number of carbonyl (C=O) groups excluding carboxylic acids is 3. The predicted molar refractivity (Wildman–Crippen MR) is 78.5 cm³/mol. The summed E-state index contributed by atoms with van der Waals surface area (Å²) in [7, 11) is 0. The molecule has 2 heterocycles. The Balaban J connectivity index is 1.71. The Bertz CT molecular complexity index is 711. The Labute approximate surface area is 129 Å². The smallest absolute Gasteiger partial charge is 0.317 e. The number of rotatable bonds is 3. The third kappa shape index (κ3) is 2.42. The van der Waals surface area contributed by atoms with Gasteiger partial charge in [-0.3, -0.25) is 19.8 Å². The van der Waals surface area contributed by atoms with Crippen LogP contribution in [0.1, 0.15) is 27.6 Å². The van der Waals surface area contributed by atoms with Crippen LogP contribution in [0.15, 0.2) is 29.8 Å². The Morgan fingerprint density at radius 1 is 1.23 bits per heavy atom. The quantitative estimate of drug-likeness (QED) is 0.830. The Morgan fingerprint density at radius 3 is 2.41 bits per heavy atom. The summed E-state index contributed by atoms with van der Waals surface area (Å²) < 4.78 is 0. The first kappa shape index (κ1) is 14.1. The fourth-order valence-electron chi connectivity index (χ4n) is 2.17. The van der Waals surface area contributed by atoms with Crippen LogP contribution in [0, 0.1) is 0 Å². The van der Waals surface area contributed by atoms with Gasteiger partial charge in [0.25, 0.3) is 11.8 Å². The summed E-state index contributed by atoms with van der Waals surface area (Å²) in [4.78, 5) is 37.4. The summed E-state index contributed by atoms with van der Waals surface area (Å²) in [5.74, 6) is -0.853. The molecule has 8 nitrogen and oxygen atoms in total. The molecule has 1 atom stereocenters. The van der Waals surface area contributed by atoms with Gasteiger partial charge in [-0.15, -0.1) is 10.2 Å². The molecule has 1 aliphatic rings. The van der Waals surface area contributed by atoms with E-state index in [-0.39, 0.29) is 0 Å². The van der Waals surface area contributed by atoms with Crippen molar-refractivity contribution in [1.29, 1.82) is 0 Å². The van der Waals surface area contributed by atoms with Crippen molar-refractivity contribution in [2.24, 2.45) is 0 Å². The summed E-state index contributed by atoms with van der Waals surface area (Å²) in [6, 6.07) is 5.98. The largest absolute Gasteiger partial charge is 0.322 e. The third-order valence-electron chi connectivity index (χ3n) is 3.13. The molecule has 1 aromatic heterocycles. The van der Waals surface area contributed by atoms with E-state index in [1.54, 1.807) is 31.2 Å². The van der Waals surface area contributed by atoms with Crippen LogP contribution in [0.4, 0.5) is 9.93 Å². The number of benzene rings is 1. The van der Waals surface area contributed by atoms with Crippen molar-refractivity contribution >= 4 is 34.3 Å². The number of carbonyl (C=O) groups is 3.